The van der Waals surface area contributed by atoms with Crippen molar-refractivity contribution in [3.8, 4) is 0 Å². The third-order valence-corrected chi connectivity index (χ3v) is 4.83. The van der Waals surface area contributed by atoms with Gasteiger partial charge in [0.25, 0.3) is 5.91 Å². The van der Waals surface area contributed by atoms with Gasteiger partial charge < -0.3 is 18.8 Å². The molecule has 5 heteroatoms. The summed E-state index contributed by atoms with van der Waals surface area (Å²) >= 11 is 0. The smallest absolute Gasteiger partial charge is 0.289 e. The maximum Gasteiger partial charge on any atom is 0.289 e. The van der Waals surface area contributed by atoms with E-state index in [2.05, 4.69) is 0 Å². The van der Waals surface area contributed by atoms with Crippen LogP contribution >= 0.6 is 0 Å². The van der Waals surface area contributed by atoms with E-state index in [1.54, 1.807) is 0 Å². The van der Waals surface area contributed by atoms with Crippen molar-refractivity contribution >= 4 is 5.91 Å². The van der Waals surface area contributed by atoms with E-state index >= 15 is 0 Å². The molecule has 0 saturated carbocycles. The van der Waals surface area contributed by atoms with E-state index in [0.717, 1.165) is 57.0 Å². The Kier molecular flexibility index (Phi) is 4.54. The van der Waals surface area contributed by atoms with Gasteiger partial charge in [-0.1, -0.05) is 6.92 Å². The van der Waals surface area contributed by atoms with Crippen LogP contribution in [0.3, 0.4) is 0 Å². The highest BCUT2D eigenvalue weighted by Crippen LogP contribution is 2.34. The van der Waals surface area contributed by atoms with E-state index < -0.39 is 0 Å². The Balaban J connectivity index is 1.77. The van der Waals surface area contributed by atoms with Crippen molar-refractivity contribution in [3.63, 3.8) is 0 Å². The number of nitrogens with zero attached hydrogens (tertiary/aromatic N) is 1. The number of aryl methyl sites for hydroxylation is 2. The third kappa shape index (κ3) is 3.06. The molecule has 0 atom stereocenters. The summed E-state index contributed by atoms with van der Waals surface area (Å²) < 4.78 is 17.0. The fourth-order valence-corrected chi connectivity index (χ4v) is 3.41. The van der Waals surface area contributed by atoms with Gasteiger partial charge in [-0.25, -0.2) is 0 Å². The molecule has 2 aliphatic rings. The van der Waals surface area contributed by atoms with Gasteiger partial charge in [-0.05, 0) is 31.4 Å². The van der Waals surface area contributed by atoms with Crippen LogP contribution in [0.1, 0.15) is 41.6 Å². The first-order valence-electron chi connectivity index (χ1n) is 8.18. The van der Waals surface area contributed by atoms with E-state index in [4.69, 9.17) is 13.9 Å². The summed E-state index contributed by atoms with van der Waals surface area (Å²) in [5.74, 6) is 1.34. The molecule has 3 rings (SSSR count). The Morgan fingerprint density at radius 3 is 2.73 bits per heavy atom. The standard InChI is InChI=1S/C17H25NO4/c1-3-14-13(2)10-15(22-14)16(19)18-6-9-21-12-17(11-18)4-7-20-8-5-17/h10H,3-9,11-12H2,1-2H3. The largest absolute Gasteiger partial charge is 0.456 e. The lowest BCUT2D eigenvalue weighted by molar-refractivity contribution is -0.0305. The van der Waals surface area contributed by atoms with Gasteiger partial charge in [0.2, 0.25) is 0 Å². The van der Waals surface area contributed by atoms with Crippen LogP contribution < -0.4 is 0 Å². The Hall–Kier alpha value is -1.33. The Morgan fingerprint density at radius 2 is 2.05 bits per heavy atom. The first-order valence-corrected chi connectivity index (χ1v) is 8.18. The molecule has 1 aromatic rings. The van der Waals surface area contributed by atoms with Crippen molar-refractivity contribution in [2.24, 2.45) is 5.41 Å². The monoisotopic (exact) mass is 307 g/mol. The topological polar surface area (TPSA) is 51.9 Å². The summed E-state index contributed by atoms with van der Waals surface area (Å²) in [7, 11) is 0. The minimum absolute atomic E-state index is 0.0147. The summed E-state index contributed by atoms with van der Waals surface area (Å²) in [6.45, 7) is 8.21. The van der Waals surface area contributed by atoms with Gasteiger partial charge in [0.1, 0.15) is 5.76 Å². The second kappa shape index (κ2) is 6.42. The van der Waals surface area contributed by atoms with Gasteiger partial charge in [-0.3, -0.25) is 4.79 Å². The second-order valence-electron chi connectivity index (χ2n) is 6.46. The molecular formula is C17H25NO4. The van der Waals surface area contributed by atoms with Crippen molar-refractivity contribution in [2.75, 3.05) is 39.5 Å². The molecule has 5 nitrogen and oxygen atoms in total. The predicted octanol–water partition coefficient (Wildman–Crippen LogP) is 2.42. The van der Waals surface area contributed by atoms with Gasteiger partial charge in [-0.2, -0.15) is 0 Å². The normalized spacial score (nSPS) is 21.8. The molecule has 2 aliphatic heterocycles. The highest BCUT2D eigenvalue weighted by Gasteiger charge is 2.38. The Bertz CT molecular complexity index is 531. The summed E-state index contributed by atoms with van der Waals surface area (Å²) in [6, 6.07) is 1.86. The van der Waals surface area contributed by atoms with Crippen LogP contribution in [0.5, 0.6) is 0 Å². The molecule has 0 N–H and O–H groups in total. The molecule has 0 unspecified atom stereocenters. The van der Waals surface area contributed by atoms with Gasteiger partial charge in [0.05, 0.1) is 13.2 Å². The third-order valence-electron chi connectivity index (χ3n) is 4.83. The Morgan fingerprint density at radius 1 is 1.27 bits per heavy atom. The number of amides is 1. The molecule has 22 heavy (non-hydrogen) atoms. The average molecular weight is 307 g/mol. The van der Waals surface area contributed by atoms with E-state index in [9.17, 15) is 4.79 Å². The van der Waals surface area contributed by atoms with E-state index in [1.807, 2.05) is 24.8 Å². The number of carbonyl (C=O) groups is 1. The van der Waals surface area contributed by atoms with Crippen molar-refractivity contribution in [3.05, 3.63) is 23.2 Å². The number of ether oxygens (including phenoxy) is 2. The van der Waals surface area contributed by atoms with Crippen molar-refractivity contribution in [1.29, 1.82) is 0 Å². The maximum atomic E-state index is 12.8. The van der Waals surface area contributed by atoms with Crippen LogP contribution in [0.25, 0.3) is 0 Å². The highest BCUT2D eigenvalue weighted by atomic mass is 16.5. The zero-order chi connectivity index (χ0) is 15.6. The second-order valence-corrected chi connectivity index (χ2v) is 6.46. The SMILES string of the molecule is CCc1oc(C(=O)N2CCOCC3(CCOCC3)C2)cc1C. The Labute approximate surface area is 131 Å². The number of hydrogen-bond donors (Lipinski definition) is 0. The van der Waals surface area contributed by atoms with Gasteiger partial charge in [-0.15, -0.1) is 0 Å². The van der Waals surface area contributed by atoms with Crippen molar-refractivity contribution in [1.82, 2.24) is 4.90 Å². The highest BCUT2D eigenvalue weighted by molar-refractivity contribution is 5.91. The van der Waals surface area contributed by atoms with Crippen LogP contribution in [0.4, 0.5) is 0 Å². The molecule has 0 aliphatic carbocycles. The molecule has 0 aromatic carbocycles. The maximum absolute atomic E-state index is 12.8. The van der Waals surface area contributed by atoms with Crippen LogP contribution in [-0.4, -0.2) is 50.3 Å². The van der Waals surface area contributed by atoms with Crippen LogP contribution in [0.2, 0.25) is 0 Å². The molecule has 0 bridgehead atoms. The zero-order valence-corrected chi connectivity index (χ0v) is 13.5. The molecule has 3 heterocycles. The fourth-order valence-electron chi connectivity index (χ4n) is 3.41. The number of carbonyl (C=O) groups excluding carboxylic acids is 1. The lowest BCUT2D eigenvalue weighted by Crippen LogP contribution is -2.44. The predicted molar refractivity (Wildman–Crippen MR) is 82.0 cm³/mol. The van der Waals surface area contributed by atoms with E-state index in [-0.39, 0.29) is 11.3 Å². The van der Waals surface area contributed by atoms with E-state index in [1.165, 1.54) is 0 Å². The average Bonchev–Trinajstić information content (AvgIpc) is 2.79. The van der Waals surface area contributed by atoms with Gasteiger partial charge >= 0.3 is 0 Å². The zero-order valence-electron chi connectivity index (χ0n) is 13.5. The molecule has 0 radical (unpaired) electrons. The summed E-state index contributed by atoms with van der Waals surface area (Å²) in [5, 5.41) is 0. The quantitative estimate of drug-likeness (QED) is 0.842. The molecule has 1 aromatic heterocycles. The van der Waals surface area contributed by atoms with Crippen molar-refractivity contribution < 1.29 is 18.7 Å². The van der Waals surface area contributed by atoms with Crippen molar-refractivity contribution in [2.45, 2.75) is 33.1 Å². The minimum atomic E-state index is -0.0147. The van der Waals surface area contributed by atoms with Gasteiger partial charge in [0.15, 0.2) is 5.76 Å². The molecule has 122 valence electrons. The summed E-state index contributed by atoms with van der Waals surface area (Å²) in [4.78, 5) is 14.7. The fraction of sp³-hybridized carbons (Fsp3) is 0.706. The van der Waals surface area contributed by atoms with Gasteiger partial charge in [0, 0.05) is 38.1 Å². The first-order chi connectivity index (χ1) is 10.6. The minimum Gasteiger partial charge on any atom is -0.456 e. The molecule has 2 saturated heterocycles. The molecule has 1 spiro atoms. The molecule has 2 fully saturated rings. The van der Waals surface area contributed by atoms with Crippen LogP contribution in [0, 0.1) is 12.3 Å². The molecule has 1 amide bonds. The lowest BCUT2D eigenvalue weighted by Gasteiger charge is -2.38. The first kappa shape index (κ1) is 15.6. The number of rotatable bonds is 2. The lowest BCUT2D eigenvalue weighted by atomic mass is 9.80. The summed E-state index contributed by atoms with van der Waals surface area (Å²) in [5.41, 5.74) is 1.09. The van der Waals surface area contributed by atoms with Crippen LogP contribution in [-0.2, 0) is 15.9 Å². The summed E-state index contributed by atoms with van der Waals surface area (Å²) in [6.07, 6.45) is 2.71. The van der Waals surface area contributed by atoms with E-state index in [0.29, 0.717) is 18.9 Å². The number of furan rings is 1. The van der Waals surface area contributed by atoms with Crippen LogP contribution in [0.15, 0.2) is 10.5 Å². The number of hydrogen-bond acceptors (Lipinski definition) is 4. The molecular weight excluding hydrogens is 282 g/mol.